The second kappa shape index (κ2) is 3.27. The first kappa shape index (κ1) is 8.78. The zero-order chi connectivity index (χ0) is 10.3. The van der Waals surface area contributed by atoms with Gasteiger partial charge in [-0.05, 0) is 35.1 Å². The molecule has 0 atom stereocenters. The summed E-state index contributed by atoms with van der Waals surface area (Å²) in [6, 6.07) is 14.7. The van der Waals surface area contributed by atoms with E-state index in [0.717, 1.165) is 5.46 Å². The van der Waals surface area contributed by atoms with Crippen molar-refractivity contribution in [2.45, 2.75) is 12.8 Å². The number of rotatable bonds is 1. The van der Waals surface area contributed by atoms with E-state index < -0.39 is 0 Å². The molecule has 15 heavy (non-hydrogen) atoms. The summed E-state index contributed by atoms with van der Waals surface area (Å²) in [6.45, 7) is 0. The molecule has 0 saturated heterocycles. The third-order valence-corrected chi connectivity index (χ3v) is 3.14. The molecule has 2 aromatic carbocycles. The molecular formula is C14H11B. The Balaban J connectivity index is 2.13. The van der Waals surface area contributed by atoms with Gasteiger partial charge in [-0.15, -0.1) is 0 Å². The van der Waals surface area contributed by atoms with Gasteiger partial charge in [0.05, 0.1) is 0 Å². The first-order valence-corrected chi connectivity index (χ1v) is 5.31. The SMILES string of the molecule is [B]c1ccc(-c2cccc3c2CC3)cc1. The summed E-state index contributed by atoms with van der Waals surface area (Å²) in [5, 5.41) is 0. The molecular weight excluding hydrogens is 179 g/mol. The van der Waals surface area contributed by atoms with Crippen molar-refractivity contribution in [1.29, 1.82) is 0 Å². The van der Waals surface area contributed by atoms with E-state index in [9.17, 15) is 0 Å². The summed E-state index contributed by atoms with van der Waals surface area (Å²) in [5.41, 5.74) is 6.50. The molecule has 0 aliphatic heterocycles. The van der Waals surface area contributed by atoms with Crippen molar-refractivity contribution >= 4 is 13.3 Å². The Morgan fingerprint density at radius 2 is 1.67 bits per heavy atom. The number of benzene rings is 2. The Kier molecular flexibility index (Phi) is 1.91. The molecule has 2 aromatic rings. The van der Waals surface area contributed by atoms with E-state index in [0.29, 0.717) is 0 Å². The minimum absolute atomic E-state index is 0.827. The third-order valence-electron chi connectivity index (χ3n) is 3.14. The van der Waals surface area contributed by atoms with Gasteiger partial charge in [0.2, 0.25) is 0 Å². The van der Waals surface area contributed by atoms with E-state index in [1.165, 1.54) is 35.1 Å². The maximum atomic E-state index is 5.69. The Bertz CT molecular complexity index is 497. The van der Waals surface area contributed by atoms with E-state index in [2.05, 4.69) is 30.3 Å². The Morgan fingerprint density at radius 3 is 2.33 bits per heavy atom. The highest BCUT2D eigenvalue weighted by molar-refractivity contribution is 6.32. The largest absolute Gasteiger partial charge is 0.113 e. The fourth-order valence-corrected chi connectivity index (χ4v) is 2.18. The molecule has 1 aliphatic carbocycles. The van der Waals surface area contributed by atoms with Crippen LogP contribution in [0.3, 0.4) is 0 Å². The minimum Gasteiger partial charge on any atom is -0.0966 e. The maximum Gasteiger partial charge on any atom is 0.113 e. The van der Waals surface area contributed by atoms with Gasteiger partial charge in [-0.2, -0.15) is 0 Å². The standard InChI is InChI=1S/C14H11B/c15-12-7-4-11(5-8-12)13-3-1-2-10-6-9-14(10)13/h1-5,7-8H,6,9H2. The summed E-state index contributed by atoms with van der Waals surface area (Å²) >= 11 is 0. The smallest absolute Gasteiger partial charge is 0.0966 e. The van der Waals surface area contributed by atoms with Crippen molar-refractivity contribution in [2.24, 2.45) is 0 Å². The van der Waals surface area contributed by atoms with E-state index >= 15 is 0 Å². The van der Waals surface area contributed by atoms with Gasteiger partial charge in [0.1, 0.15) is 7.85 Å². The van der Waals surface area contributed by atoms with Gasteiger partial charge in [0.15, 0.2) is 0 Å². The number of hydrogen-bond acceptors (Lipinski definition) is 0. The normalized spacial score (nSPS) is 13.1. The zero-order valence-electron chi connectivity index (χ0n) is 8.53. The topological polar surface area (TPSA) is 0 Å². The predicted octanol–water partition coefficient (Wildman–Crippen LogP) is 2.25. The van der Waals surface area contributed by atoms with Crippen molar-refractivity contribution in [2.75, 3.05) is 0 Å². The zero-order valence-corrected chi connectivity index (χ0v) is 8.53. The quantitative estimate of drug-likeness (QED) is 0.605. The predicted molar refractivity (Wildman–Crippen MR) is 64.7 cm³/mol. The summed E-state index contributed by atoms with van der Waals surface area (Å²) in [5.74, 6) is 0. The van der Waals surface area contributed by atoms with Crippen LogP contribution >= 0.6 is 0 Å². The molecule has 0 nitrogen and oxygen atoms in total. The van der Waals surface area contributed by atoms with Gasteiger partial charge in [-0.3, -0.25) is 0 Å². The Labute approximate surface area is 91.4 Å². The summed E-state index contributed by atoms with van der Waals surface area (Å²) < 4.78 is 0. The van der Waals surface area contributed by atoms with Crippen molar-refractivity contribution in [3.8, 4) is 11.1 Å². The fraction of sp³-hybridized carbons (Fsp3) is 0.143. The lowest BCUT2D eigenvalue weighted by atomic mass is 9.82. The van der Waals surface area contributed by atoms with Crippen LogP contribution in [0.25, 0.3) is 11.1 Å². The Hall–Kier alpha value is -1.50. The van der Waals surface area contributed by atoms with Crippen molar-refractivity contribution in [1.82, 2.24) is 0 Å². The van der Waals surface area contributed by atoms with Crippen molar-refractivity contribution in [3.63, 3.8) is 0 Å². The van der Waals surface area contributed by atoms with Gasteiger partial charge in [0.25, 0.3) is 0 Å². The molecule has 0 saturated carbocycles. The summed E-state index contributed by atoms with van der Waals surface area (Å²) in [7, 11) is 5.69. The van der Waals surface area contributed by atoms with E-state index in [-0.39, 0.29) is 0 Å². The van der Waals surface area contributed by atoms with Crippen LogP contribution < -0.4 is 5.46 Å². The lowest BCUT2D eigenvalue weighted by molar-refractivity contribution is 0.842. The highest BCUT2D eigenvalue weighted by atomic mass is 14.2. The van der Waals surface area contributed by atoms with Gasteiger partial charge in [-0.25, -0.2) is 0 Å². The maximum absolute atomic E-state index is 5.69. The molecule has 70 valence electrons. The fourth-order valence-electron chi connectivity index (χ4n) is 2.18. The molecule has 0 amide bonds. The minimum atomic E-state index is 0.827. The van der Waals surface area contributed by atoms with Crippen LogP contribution in [0.15, 0.2) is 42.5 Å². The first-order valence-electron chi connectivity index (χ1n) is 5.31. The molecule has 1 heteroatoms. The lowest BCUT2D eigenvalue weighted by Crippen LogP contribution is -2.09. The van der Waals surface area contributed by atoms with Gasteiger partial charge in [0, 0.05) is 0 Å². The molecule has 0 heterocycles. The average Bonchev–Trinajstić information content (AvgIpc) is 2.21. The van der Waals surface area contributed by atoms with Gasteiger partial charge < -0.3 is 0 Å². The number of hydrogen-bond donors (Lipinski definition) is 0. The molecule has 0 aromatic heterocycles. The highest BCUT2D eigenvalue weighted by Crippen LogP contribution is 2.32. The van der Waals surface area contributed by atoms with Crippen LogP contribution in [0.5, 0.6) is 0 Å². The van der Waals surface area contributed by atoms with Crippen LogP contribution in [0.1, 0.15) is 11.1 Å². The summed E-state index contributed by atoms with van der Waals surface area (Å²) in [6.07, 6.45) is 2.45. The number of aryl methyl sites for hydroxylation is 1. The van der Waals surface area contributed by atoms with Gasteiger partial charge in [-0.1, -0.05) is 47.9 Å². The lowest BCUT2D eigenvalue weighted by Gasteiger charge is -2.22. The molecule has 1 aliphatic rings. The second-order valence-electron chi connectivity index (χ2n) is 4.07. The first-order chi connectivity index (χ1) is 7.34. The highest BCUT2D eigenvalue weighted by Gasteiger charge is 2.16. The second-order valence-corrected chi connectivity index (χ2v) is 4.07. The molecule has 0 spiro atoms. The average molecular weight is 190 g/mol. The van der Waals surface area contributed by atoms with Crippen LogP contribution in [-0.2, 0) is 12.8 Å². The molecule has 0 N–H and O–H groups in total. The Morgan fingerprint density at radius 1 is 0.867 bits per heavy atom. The van der Waals surface area contributed by atoms with E-state index in [4.69, 9.17) is 7.85 Å². The van der Waals surface area contributed by atoms with Gasteiger partial charge >= 0.3 is 0 Å². The van der Waals surface area contributed by atoms with E-state index in [1.807, 2.05) is 12.1 Å². The van der Waals surface area contributed by atoms with Crippen LogP contribution in [0.2, 0.25) is 0 Å². The molecule has 0 bridgehead atoms. The van der Waals surface area contributed by atoms with Crippen LogP contribution in [-0.4, -0.2) is 7.85 Å². The number of fused-ring (bicyclic) bond motifs is 1. The molecule has 0 fully saturated rings. The van der Waals surface area contributed by atoms with Crippen LogP contribution in [0.4, 0.5) is 0 Å². The van der Waals surface area contributed by atoms with Crippen molar-refractivity contribution < 1.29 is 0 Å². The summed E-state index contributed by atoms with van der Waals surface area (Å²) in [4.78, 5) is 0. The third kappa shape index (κ3) is 1.39. The van der Waals surface area contributed by atoms with Crippen molar-refractivity contribution in [3.05, 3.63) is 53.6 Å². The molecule has 3 rings (SSSR count). The monoisotopic (exact) mass is 190 g/mol. The molecule has 0 unspecified atom stereocenters. The van der Waals surface area contributed by atoms with E-state index in [1.54, 1.807) is 0 Å². The van der Waals surface area contributed by atoms with Crippen LogP contribution in [0, 0.1) is 0 Å². The molecule has 2 radical (unpaired) electrons.